The number of benzene rings is 2. The lowest BCUT2D eigenvalue weighted by atomic mass is 10.1. The lowest BCUT2D eigenvalue weighted by molar-refractivity contribution is -0.124. The highest BCUT2D eigenvalue weighted by Crippen LogP contribution is 2.30. The lowest BCUT2D eigenvalue weighted by Crippen LogP contribution is -2.44. The highest BCUT2D eigenvalue weighted by molar-refractivity contribution is 6.00. The standard InChI is InChI=1S/C23H29N3O3/c1-3-25(4-2)20(18-10-6-5-7-11-18)16-24-22(27)17-26-19-12-8-9-13-21(19)29-15-14-23(26)28/h5-13,20H,3-4,14-17H2,1-2H3,(H,24,27). The normalized spacial score (nSPS) is 14.7. The van der Waals surface area contributed by atoms with Crippen molar-refractivity contribution < 1.29 is 14.3 Å². The van der Waals surface area contributed by atoms with E-state index in [0.29, 0.717) is 24.6 Å². The number of rotatable bonds is 8. The number of amides is 2. The highest BCUT2D eigenvalue weighted by Gasteiger charge is 2.26. The molecule has 1 unspecified atom stereocenters. The van der Waals surface area contributed by atoms with Gasteiger partial charge in [0.05, 0.1) is 24.8 Å². The SMILES string of the molecule is CCN(CC)C(CNC(=O)CN1C(=O)CCOc2ccccc21)c1ccccc1. The van der Waals surface area contributed by atoms with Gasteiger partial charge in [0, 0.05) is 6.54 Å². The van der Waals surface area contributed by atoms with E-state index in [1.165, 1.54) is 10.5 Å². The largest absolute Gasteiger partial charge is 0.491 e. The number of nitrogens with one attached hydrogen (secondary N) is 1. The van der Waals surface area contributed by atoms with Crippen LogP contribution in [0.3, 0.4) is 0 Å². The smallest absolute Gasteiger partial charge is 0.240 e. The molecule has 6 nitrogen and oxygen atoms in total. The molecule has 1 atom stereocenters. The Morgan fingerprint density at radius 1 is 1.10 bits per heavy atom. The van der Waals surface area contributed by atoms with Gasteiger partial charge in [0.1, 0.15) is 12.3 Å². The van der Waals surface area contributed by atoms with Crippen molar-refractivity contribution >= 4 is 17.5 Å². The maximum atomic E-state index is 12.7. The fourth-order valence-corrected chi connectivity index (χ4v) is 3.70. The second kappa shape index (κ2) is 10.1. The number of ether oxygens (including phenoxy) is 1. The Morgan fingerprint density at radius 3 is 2.52 bits per heavy atom. The zero-order valence-corrected chi connectivity index (χ0v) is 17.1. The lowest BCUT2D eigenvalue weighted by Gasteiger charge is -2.30. The Kier molecular flexibility index (Phi) is 7.25. The average molecular weight is 396 g/mol. The zero-order chi connectivity index (χ0) is 20.6. The summed E-state index contributed by atoms with van der Waals surface area (Å²) in [5.41, 5.74) is 1.81. The van der Waals surface area contributed by atoms with Gasteiger partial charge in [0.15, 0.2) is 0 Å². The molecule has 2 amide bonds. The van der Waals surface area contributed by atoms with Crippen molar-refractivity contribution in [3.05, 3.63) is 60.2 Å². The molecule has 2 aromatic carbocycles. The van der Waals surface area contributed by atoms with E-state index in [1.54, 1.807) is 0 Å². The van der Waals surface area contributed by atoms with Gasteiger partial charge < -0.3 is 10.1 Å². The Balaban J connectivity index is 1.70. The fourth-order valence-electron chi connectivity index (χ4n) is 3.70. The molecule has 1 heterocycles. The van der Waals surface area contributed by atoms with Gasteiger partial charge in [-0.1, -0.05) is 56.3 Å². The maximum Gasteiger partial charge on any atom is 0.240 e. The molecule has 3 rings (SSSR count). The van der Waals surface area contributed by atoms with E-state index in [2.05, 4.69) is 36.2 Å². The van der Waals surface area contributed by atoms with Gasteiger partial charge in [-0.25, -0.2) is 0 Å². The third kappa shape index (κ3) is 5.15. The number of fused-ring (bicyclic) bond motifs is 1. The van der Waals surface area contributed by atoms with E-state index >= 15 is 0 Å². The minimum atomic E-state index is -0.178. The molecule has 1 aliphatic heterocycles. The first-order valence-electron chi connectivity index (χ1n) is 10.2. The second-order valence-corrected chi connectivity index (χ2v) is 7.00. The van der Waals surface area contributed by atoms with Crippen LogP contribution in [0.2, 0.25) is 0 Å². The van der Waals surface area contributed by atoms with Crippen molar-refractivity contribution in [2.45, 2.75) is 26.3 Å². The number of likely N-dealkylation sites (N-methyl/N-ethyl adjacent to an activating group) is 1. The molecule has 29 heavy (non-hydrogen) atoms. The molecule has 1 aliphatic rings. The second-order valence-electron chi connectivity index (χ2n) is 7.00. The van der Waals surface area contributed by atoms with Gasteiger partial charge in [0.25, 0.3) is 0 Å². The van der Waals surface area contributed by atoms with Crippen LogP contribution in [0, 0.1) is 0 Å². The van der Waals surface area contributed by atoms with Crippen molar-refractivity contribution in [2.75, 3.05) is 37.7 Å². The molecule has 0 radical (unpaired) electrons. The van der Waals surface area contributed by atoms with Crippen LogP contribution in [-0.2, 0) is 9.59 Å². The molecule has 0 aromatic heterocycles. The summed E-state index contributed by atoms with van der Waals surface area (Å²) in [6, 6.07) is 17.6. The predicted octanol–water partition coefficient (Wildman–Crippen LogP) is 3.00. The summed E-state index contributed by atoms with van der Waals surface area (Å²) in [6.45, 7) is 6.82. The number of hydrogen-bond acceptors (Lipinski definition) is 4. The van der Waals surface area contributed by atoms with Gasteiger partial charge >= 0.3 is 0 Å². The summed E-state index contributed by atoms with van der Waals surface area (Å²) in [5.74, 6) is 0.355. The van der Waals surface area contributed by atoms with Gasteiger partial charge in [-0.2, -0.15) is 0 Å². The Hall–Kier alpha value is -2.86. The topological polar surface area (TPSA) is 61.9 Å². The number of carbonyl (C=O) groups is 2. The summed E-state index contributed by atoms with van der Waals surface area (Å²) in [4.78, 5) is 29.1. The molecule has 0 spiro atoms. The molecule has 154 valence electrons. The molecule has 1 N–H and O–H groups in total. The highest BCUT2D eigenvalue weighted by atomic mass is 16.5. The minimum absolute atomic E-state index is 0.0149. The monoisotopic (exact) mass is 395 g/mol. The van der Waals surface area contributed by atoms with Crippen LogP contribution >= 0.6 is 0 Å². The summed E-state index contributed by atoms with van der Waals surface area (Å²) in [7, 11) is 0. The minimum Gasteiger partial charge on any atom is -0.491 e. The summed E-state index contributed by atoms with van der Waals surface area (Å²) in [6.07, 6.45) is 0.258. The molecular formula is C23H29N3O3. The van der Waals surface area contributed by atoms with Crippen LogP contribution in [0.4, 0.5) is 5.69 Å². The van der Waals surface area contributed by atoms with E-state index < -0.39 is 0 Å². The van der Waals surface area contributed by atoms with Gasteiger partial charge in [0.2, 0.25) is 11.8 Å². The van der Waals surface area contributed by atoms with E-state index in [1.807, 2.05) is 42.5 Å². The van der Waals surface area contributed by atoms with Crippen molar-refractivity contribution in [2.24, 2.45) is 0 Å². The van der Waals surface area contributed by atoms with Crippen molar-refractivity contribution in [1.29, 1.82) is 0 Å². The third-order valence-corrected chi connectivity index (χ3v) is 5.26. The van der Waals surface area contributed by atoms with Crippen molar-refractivity contribution in [3.63, 3.8) is 0 Å². The average Bonchev–Trinajstić information content (AvgIpc) is 2.90. The third-order valence-electron chi connectivity index (χ3n) is 5.26. The van der Waals surface area contributed by atoms with E-state index in [9.17, 15) is 9.59 Å². The molecule has 0 saturated carbocycles. The van der Waals surface area contributed by atoms with Gasteiger partial charge in [-0.05, 0) is 30.8 Å². The first-order chi connectivity index (χ1) is 14.1. The zero-order valence-electron chi connectivity index (χ0n) is 17.1. The Labute approximate surface area is 172 Å². The summed E-state index contributed by atoms with van der Waals surface area (Å²) >= 11 is 0. The number of hydrogen-bond donors (Lipinski definition) is 1. The maximum absolute atomic E-state index is 12.7. The van der Waals surface area contributed by atoms with Crippen LogP contribution in [0.1, 0.15) is 31.9 Å². The van der Waals surface area contributed by atoms with Crippen LogP contribution in [0.15, 0.2) is 54.6 Å². The molecule has 0 bridgehead atoms. The molecule has 0 saturated heterocycles. The summed E-state index contributed by atoms with van der Waals surface area (Å²) in [5, 5.41) is 3.03. The molecule has 2 aromatic rings. The van der Waals surface area contributed by atoms with E-state index in [4.69, 9.17) is 4.74 Å². The van der Waals surface area contributed by atoms with Crippen LogP contribution in [0.5, 0.6) is 5.75 Å². The number of nitrogens with zero attached hydrogens (tertiary/aromatic N) is 2. The number of carbonyl (C=O) groups excluding carboxylic acids is 2. The molecule has 6 heteroatoms. The number of anilines is 1. The predicted molar refractivity (Wildman–Crippen MR) is 114 cm³/mol. The first-order valence-corrected chi connectivity index (χ1v) is 10.2. The quantitative estimate of drug-likeness (QED) is 0.746. The fraction of sp³-hybridized carbons (Fsp3) is 0.391. The van der Waals surface area contributed by atoms with E-state index in [-0.39, 0.29) is 30.8 Å². The van der Waals surface area contributed by atoms with Gasteiger partial charge in [-0.15, -0.1) is 0 Å². The van der Waals surface area contributed by atoms with Crippen LogP contribution in [-0.4, -0.2) is 49.5 Å². The van der Waals surface area contributed by atoms with Crippen LogP contribution < -0.4 is 15.0 Å². The molecule has 0 fully saturated rings. The first kappa shape index (κ1) is 20.9. The Bertz CT molecular complexity index is 821. The van der Waals surface area contributed by atoms with Crippen molar-refractivity contribution in [3.8, 4) is 5.75 Å². The summed E-state index contributed by atoms with van der Waals surface area (Å²) < 4.78 is 5.65. The van der Waals surface area contributed by atoms with Gasteiger partial charge in [-0.3, -0.25) is 19.4 Å². The van der Waals surface area contributed by atoms with E-state index in [0.717, 1.165) is 13.1 Å². The Morgan fingerprint density at radius 2 is 1.79 bits per heavy atom. The molecule has 0 aliphatic carbocycles. The molecular weight excluding hydrogens is 366 g/mol. The van der Waals surface area contributed by atoms with Crippen molar-refractivity contribution in [1.82, 2.24) is 10.2 Å². The van der Waals surface area contributed by atoms with Crippen LogP contribution in [0.25, 0.3) is 0 Å². The number of para-hydroxylation sites is 2.